The van der Waals surface area contributed by atoms with Gasteiger partial charge in [-0.3, -0.25) is 4.79 Å². The zero-order chi connectivity index (χ0) is 13.3. The molecule has 3 heteroatoms. The zero-order valence-corrected chi connectivity index (χ0v) is 12.0. The smallest absolute Gasteiger partial charge is 0.237 e. The number of carbonyl (C=O) groups is 1. The van der Waals surface area contributed by atoms with Crippen molar-refractivity contribution in [2.75, 3.05) is 0 Å². The Kier molecular flexibility index (Phi) is 9.14. The number of unbranched alkanes of at least 4 members (excludes halogenated alkanes) is 1. The van der Waals surface area contributed by atoms with Crippen LogP contribution in [0.2, 0.25) is 0 Å². The van der Waals surface area contributed by atoms with Gasteiger partial charge in [0.2, 0.25) is 5.91 Å². The van der Waals surface area contributed by atoms with Crippen molar-refractivity contribution < 1.29 is 4.79 Å². The average molecular weight is 242 g/mol. The van der Waals surface area contributed by atoms with Gasteiger partial charge in [-0.25, -0.2) is 0 Å². The maximum absolute atomic E-state index is 12.0. The number of hydrogen-bond donors (Lipinski definition) is 2. The van der Waals surface area contributed by atoms with Crippen molar-refractivity contribution in [3.63, 3.8) is 0 Å². The first-order chi connectivity index (χ1) is 8.06. The minimum atomic E-state index is -0.360. The number of nitrogens with one attached hydrogen (secondary N) is 1. The van der Waals surface area contributed by atoms with E-state index in [9.17, 15) is 4.79 Å². The van der Waals surface area contributed by atoms with E-state index in [1.807, 2.05) is 6.92 Å². The van der Waals surface area contributed by atoms with E-state index in [1.165, 1.54) is 12.8 Å². The lowest BCUT2D eigenvalue weighted by atomic mass is 9.98. The Balaban J connectivity index is 4.18. The summed E-state index contributed by atoms with van der Waals surface area (Å²) in [5.74, 6) is 0.275. The molecule has 0 fully saturated rings. The van der Waals surface area contributed by atoms with Crippen LogP contribution in [0.5, 0.6) is 0 Å². The molecule has 3 N–H and O–H groups in total. The van der Waals surface area contributed by atoms with Crippen LogP contribution >= 0.6 is 0 Å². The summed E-state index contributed by atoms with van der Waals surface area (Å²) in [5, 5.41) is 3.10. The standard InChI is InChI=1S/C14H30N2O/c1-5-8-10-12(9-6-2)16-14(17)13(15)11(4)7-3/h11-13H,5-10,15H2,1-4H3,(H,16,17)/t11?,12?,13-/m0/s1. The maximum atomic E-state index is 12.0. The lowest BCUT2D eigenvalue weighted by Crippen LogP contribution is -2.48. The summed E-state index contributed by atoms with van der Waals surface area (Å²) in [7, 11) is 0. The molecule has 3 nitrogen and oxygen atoms in total. The predicted octanol–water partition coefficient (Wildman–Crippen LogP) is 2.83. The van der Waals surface area contributed by atoms with E-state index in [-0.39, 0.29) is 17.9 Å². The van der Waals surface area contributed by atoms with Crippen LogP contribution in [0.3, 0.4) is 0 Å². The highest BCUT2D eigenvalue weighted by atomic mass is 16.2. The molecule has 17 heavy (non-hydrogen) atoms. The van der Waals surface area contributed by atoms with Crippen LogP contribution in [0, 0.1) is 5.92 Å². The molecule has 0 aliphatic carbocycles. The number of nitrogens with two attached hydrogens (primary N) is 1. The van der Waals surface area contributed by atoms with Crippen molar-refractivity contribution in [2.24, 2.45) is 11.7 Å². The van der Waals surface area contributed by atoms with E-state index >= 15 is 0 Å². The van der Waals surface area contributed by atoms with Gasteiger partial charge < -0.3 is 11.1 Å². The summed E-state index contributed by atoms with van der Waals surface area (Å²) in [6.45, 7) is 8.43. The van der Waals surface area contributed by atoms with Crippen LogP contribution < -0.4 is 11.1 Å². The van der Waals surface area contributed by atoms with Crippen molar-refractivity contribution >= 4 is 5.91 Å². The van der Waals surface area contributed by atoms with Gasteiger partial charge in [-0.05, 0) is 18.8 Å². The number of rotatable bonds is 9. The summed E-state index contributed by atoms with van der Waals surface area (Å²) in [6.07, 6.45) is 6.52. The second kappa shape index (κ2) is 9.46. The van der Waals surface area contributed by atoms with Gasteiger partial charge in [0, 0.05) is 6.04 Å². The second-order valence-electron chi connectivity index (χ2n) is 5.05. The molecule has 102 valence electrons. The largest absolute Gasteiger partial charge is 0.352 e. The van der Waals surface area contributed by atoms with E-state index in [1.54, 1.807) is 0 Å². The van der Waals surface area contributed by atoms with Gasteiger partial charge in [-0.1, -0.05) is 53.4 Å². The molecule has 0 rings (SSSR count). The molecule has 0 spiro atoms. The molecular weight excluding hydrogens is 212 g/mol. The Morgan fingerprint density at radius 3 is 2.29 bits per heavy atom. The Hall–Kier alpha value is -0.570. The van der Waals surface area contributed by atoms with Gasteiger partial charge in [0.1, 0.15) is 0 Å². The number of carbonyl (C=O) groups excluding carboxylic acids is 1. The van der Waals surface area contributed by atoms with Gasteiger partial charge in [-0.15, -0.1) is 0 Å². The first-order valence-electron chi connectivity index (χ1n) is 7.12. The molecule has 0 aromatic carbocycles. The van der Waals surface area contributed by atoms with E-state index in [0.717, 1.165) is 25.7 Å². The van der Waals surface area contributed by atoms with E-state index in [4.69, 9.17) is 5.73 Å². The van der Waals surface area contributed by atoms with Crippen molar-refractivity contribution in [2.45, 2.75) is 78.3 Å². The number of hydrogen-bond acceptors (Lipinski definition) is 2. The third-order valence-corrected chi connectivity index (χ3v) is 3.45. The average Bonchev–Trinajstić information content (AvgIpc) is 2.34. The minimum absolute atomic E-state index is 0.0221. The van der Waals surface area contributed by atoms with Crippen LogP contribution in [0.4, 0.5) is 0 Å². The van der Waals surface area contributed by atoms with Gasteiger partial charge in [0.15, 0.2) is 0 Å². The Morgan fingerprint density at radius 2 is 1.82 bits per heavy atom. The third-order valence-electron chi connectivity index (χ3n) is 3.45. The summed E-state index contributed by atoms with van der Waals surface area (Å²) >= 11 is 0. The fourth-order valence-corrected chi connectivity index (χ4v) is 1.90. The molecule has 0 aliphatic rings. The van der Waals surface area contributed by atoms with Gasteiger partial charge >= 0.3 is 0 Å². The van der Waals surface area contributed by atoms with Crippen LogP contribution in [-0.2, 0) is 4.79 Å². The van der Waals surface area contributed by atoms with Crippen molar-refractivity contribution in [1.82, 2.24) is 5.32 Å². The SMILES string of the molecule is CCCCC(CCC)NC(=O)[C@@H](N)C(C)CC. The zero-order valence-electron chi connectivity index (χ0n) is 12.0. The highest BCUT2D eigenvalue weighted by Gasteiger charge is 2.21. The fraction of sp³-hybridized carbons (Fsp3) is 0.929. The molecule has 2 unspecified atom stereocenters. The van der Waals surface area contributed by atoms with Gasteiger partial charge in [-0.2, -0.15) is 0 Å². The highest BCUT2D eigenvalue weighted by molar-refractivity contribution is 5.82. The van der Waals surface area contributed by atoms with Crippen LogP contribution in [-0.4, -0.2) is 18.0 Å². The molecule has 0 aromatic rings. The Labute approximate surface area is 107 Å². The lowest BCUT2D eigenvalue weighted by molar-refractivity contribution is -0.124. The molecule has 0 aromatic heterocycles. The topological polar surface area (TPSA) is 55.1 Å². The monoisotopic (exact) mass is 242 g/mol. The summed E-state index contributed by atoms with van der Waals surface area (Å²) < 4.78 is 0. The van der Waals surface area contributed by atoms with E-state index < -0.39 is 0 Å². The number of amides is 1. The van der Waals surface area contributed by atoms with Crippen molar-refractivity contribution in [3.8, 4) is 0 Å². The maximum Gasteiger partial charge on any atom is 0.237 e. The van der Waals surface area contributed by atoms with Crippen LogP contribution in [0.1, 0.15) is 66.2 Å². The fourth-order valence-electron chi connectivity index (χ4n) is 1.90. The summed E-state index contributed by atoms with van der Waals surface area (Å²) in [4.78, 5) is 12.0. The molecule has 0 radical (unpaired) electrons. The quantitative estimate of drug-likeness (QED) is 0.653. The summed E-state index contributed by atoms with van der Waals surface area (Å²) in [6, 6.07) is -0.0523. The van der Waals surface area contributed by atoms with E-state index in [0.29, 0.717) is 6.04 Å². The normalized spacial score (nSPS) is 16.3. The van der Waals surface area contributed by atoms with Crippen molar-refractivity contribution in [1.29, 1.82) is 0 Å². The van der Waals surface area contributed by atoms with E-state index in [2.05, 4.69) is 26.1 Å². The molecular formula is C14H30N2O. The first kappa shape index (κ1) is 16.4. The third kappa shape index (κ3) is 6.67. The molecule has 0 heterocycles. The highest BCUT2D eigenvalue weighted by Crippen LogP contribution is 2.09. The molecule has 0 saturated carbocycles. The minimum Gasteiger partial charge on any atom is -0.352 e. The van der Waals surface area contributed by atoms with Crippen LogP contribution in [0.15, 0.2) is 0 Å². The van der Waals surface area contributed by atoms with Gasteiger partial charge in [0.05, 0.1) is 6.04 Å². The summed E-state index contributed by atoms with van der Waals surface area (Å²) in [5.41, 5.74) is 5.93. The molecule has 1 amide bonds. The van der Waals surface area contributed by atoms with Crippen LogP contribution in [0.25, 0.3) is 0 Å². The first-order valence-corrected chi connectivity index (χ1v) is 7.12. The molecule has 3 atom stereocenters. The lowest BCUT2D eigenvalue weighted by Gasteiger charge is -2.23. The van der Waals surface area contributed by atoms with Crippen molar-refractivity contribution in [3.05, 3.63) is 0 Å². The van der Waals surface area contributed by atoms with Gasteiger partial charge in [0.25, 0.3) is 0 Å². The molecule has 0 saturated heterocycles. The molecule has 0 bridgehead atoms. The predicted molar refractivity (Wildman–Crippen MR) is 73.8 cm³/mol. The molecule has 0 aliphatic heterocycles. The Morgan fingerprint density at radius 1 is 1.18 bits per heavy atom. The Bertz CT molecular complexity index is 206. The second-order valence-corrected chi connectivity index (χ2v) is 5.05.